The third-order valence-corrected chi connectivity index (χ3v) is 3.21. The van der Waals surface area contributed by atoms with Crippen molar-refractivity contribution in [2.24, 2.45) is 0 Å². The number of hydrogen-bond acceptors (Lipinski definition) is 4. The first kappa shape index (κ1) is 18.1. The fourth-order valence-corrected chi connectivity index (χ4v) is 2.00. The summed E-state index contributed by atoms with van der Waals surface area (Å²) in [4.78, 5) is 10.3. The van der Waals surface area contributed by atoms with Crippen molar-refractivity contribution in [2.45, 2.75) is 7.43 Å². The highest BCUT2D eigenvalue weighted by Crippen LogP contribution is 2.22. The summed E-state index contributed by atoms with van der Waals surface area (Å²) in [5, 5.41) is 21.1. The number of nitrogens with one attached hydrogen (secondary N) is 1. The number of H-pyrrole nitrogens is 1. The third-order valence-electron chi connectivity index (χ3n) is 2.35. The van der Waals surface area contributed by atoms with Crippen LogP contribution in [-0.2, 0) is 0 Å². The van der Waals surface area contributed by atoms with Gasteiger partial charge in [-0.3, -0.25) is 15.2 Å². The summed E-state index contributed by atoms with van der Waals surface area (Å²) in [6.45, 7) is 0. The average molecular weight is 431 g/mol. The summed E-state index contributed by atoms with van der Waals surface area (Å²) in [5.74, 6) is 0. The van der Waals surface area contributed by atoms with Crippen LogP contribution in [0.4, 0.5) is 5.69 Å². The molecule has 22 heavy (non-hydrogen) atoms. The highest BCUT2D eigenvalue weighted by atomic mass is 79.9. The zero-order valence-corrected chi connectivity index (χ0v) is 13.7. The lowest BCUT2D eigenvalue weighted by Crippen LogP contribution is -2.00. The van der Waals surface area contributed by atoms with E-state index in [-0.39, 0.29) is 13.1 Å². The van der Waals surface area contributed by atoms with E-state index < -0.39 is 4.92 Å². The molecule has 0 saturated carbocycles. The molecule has 3 rings (SSSR count). The number of hydrogen-bond donors (Lipinski definition) is 1. The van der Waals surface area contributed by atoms with Crippen LogP contribution in [0.2, 0.25) is 0 Å². The number of aromatic amines is 1. The van der Waals surface area contributed by atoms with Crippen molar-refractivity contribution in [3.05, 3.63) is 68.1 Å². The van der Waals surface area contributed by atoms with Crippen molar-refractivity contribution in [1.29, 1.82) is 0 Å². The Labute approximate surface area is 143 Å². The molecule has 3 aromatic rings. The number of para-hydroxylation sites is 2. The molecule has 7 nitrogen and oxygen atoms in total. The molecule has 1 aromatic carbocycles. The third kappa shape index (κ3) is 4.78. The Balaban J connectivity index is 0.000000293. The van der Waals surface area contributed by atoms with E-state index in [9.17, 15) is 10.1 Å². The van der Waals surface area contributed by atoms with Crippen LogP contribution in [0.15, 0.2) is 58.0 Å². The highest BCUT2D eigenvalue weighted by molar-refractivity contribution is 9.10. The zero-order chi connectivity index (χ0) is 15.2. The van der Waals surface area contributed by atoms with Crippen molar-refractivity contribution >= 4 is 37.5 Å². The highest BCUT2D eigenvalue weighted by Gasteiger charge is 2.14. The van der Waals surface area contributed by atoms with Crippen LogP contribution in [0.25, 0.3) is 5.69 Å². The summed E-state index contributed by atoms with van der Waals surface area (Å²) in [5.41, 5.74) is 0.487. The standard InChI is InChI=1S/C9H6BrN3O2.C3H3BrN2.CH4/c10-9-5-6-12(11-9)7-3-1-2-4-8(7)13(14)15;4-3-1-2-5-6-3;/h1-6H;1-2H,(H,5,6);1H4. The van der Waals surface area contributed by atoms with Gasteiger partial charge in [-0.25, -0.2) is 4.68 Å². The van der Waals surface area contributed by atoms with Crippen LogP contribution in [0.3, 0.4) is 0 Å². The van der Waals surface area contributed by atoms with E-state index in [2.05, 4.69) is 47.2 Å². The Bertz CT molecular complexity index is 728. The minimum absolute atomic E-state index is 0. The maximum Gasteiger partial charge on any atom is 0.294 e. The number of nitrogens with zero attached hydrogens (tertiary/aromatic N) is 4. The molecule has 0 spiro atoms. The van der Waals surface area contributed by atoms with Crippen molar-refractivity contribution in [3.63, 3.8) is 0 Å². The molecule has 0 fully saturated rings. The lowest BCUT2D eigenvalue weighted by atomic mass is 10.3. The molecule has 0 aliphatic carbocycles. The van der Waals surface area contributed by atoms with Crippen LogP contribution in [0.5, 0.6) is 0 Å². The fourth-order valence-electron chi connectivity index (χ4n) is 1.49. The van der Waals surface area contributed by atoms with Gasteiger partial charge >= 0.3 is 0 Å². The Morgan fingerprint density at radius 2 is 1.91 bits per heavy atom. The maximum atomic E-state index is 10.8. The van der Waals surface area contributed by atoms with E-state index in [0.717, 1.165) is 4.60 Å². The second-order valence-electron chi connectivity index (χ2n) is 3.73. The van der Waals surface area contributed by atoms with Crippen LogP contribution in [-0.4, -0.2) is 24.9 Å². The van der Waals surface area contributed by atoms with Gasteiger partial charge in [-0.2, -0.15) is 10.2 Å². The van der Waals surface area contributed by atoms with Gasteiger partial charge in [0.05, 0.1) is 4.92 Å². The number of nitro benzene ring substituents is 1. The largest absolute Gasteiger partial charge is 0.294 e. The van der Waals surface area contributed by atoms with Gasteiger partial charge in [-0.05, 0) is 50.1 Å². The predicted octanol–water partition coefficient (Wildman–Crippen LogP) is 4.35. The molecule has 0 radical (unpaired) electrons. The lowest BCUT2D eigenvalue weighted by molar-refractivity contribution is -0.384. The molecule has 1 N–H and O–H groups in total. The van der Waals surface area contributed by atoms with Crippen LogP contribution < -0.4 is 0 Å². The van der Waals surface area contributed by atoms with Gasteiger partial charge in [0.1, 0.15) is 14.9 Å². The molecule has 2 aromatic heterocycles. The number of aromatic nitrogens is 4. The first-order valence-electron chi connectivity index (χ1n) is 5.68. The molecule has 2 heterocycles. The minimum Gasteiger partial charge on any atom is -0.271 e. The van der Waals surface area contributed by atoms with Gasteiger partial charge in [0, 0.05) is 18.5 Å². The first-order chi connectivity index (χ1) is 10.1. The van der Waals surface area contributed by atoms with Crippen LogP contribution in [0.1, 0.15) is 7.43 Å². The van der Waals surface area contributed by atoms with E-state index in [0.29, 0.717) is 10.3 Å². The zero-order valence-electron chi connectivity index (χ0n) is 10.5. The van der Waals surface area contributed by atoms with Gasteiger partial charge in [0.25, 0.3) is 5.69 Å². The molecular weight excluding hydrogens is 418 g/mol. The molecule has 9 heteroatoms. The predicted molar refractivity (Wildman–Crippen MR) is 90.9 cm³/mol. The Kier molecular flexibility index (Phi) is 6.93. The van der Waals surface area contributed by atoms with E-state index >= 15 is 0 Å². The van der Waals surface area contributed by atoms with Gasteiger partial charge in [-0.1, -0.05) is 19.6 Å². The summed E-state index contributed by atoms with van der Waals surface area (Å²) in [6.07, 6.45) is 3.34. The summed E-state index contributed by atoms with van der Waals surface area (Å²) >= 11 is 6.35. The first-order valence-corrected chi connectivity index (χ1v) is 7.26. The molecule has 116 valence electrons. The normalized spacial score (nSPS) is 9.36. The quantitative estimate of drug-likeness (QED) is 0.483. The number of nitro groups is 1. The van der Waals surface area contributed by atoms with Crippen molar-refractivity contribution < 1.29 is 4.92 Å². The van der Waals surface area contributed by atoms with Crippen molar-refractivity contribution in [3.8, 4) is 5.69 Å². The van der Waals surface area contributed by atoms with Crippen LogP contribution >= 0.6 is 31.9 Å². The molecule has 0 saturated heterocycles. The van der Waals surface area contributed by atoms with E-state index in [1.54, 1.807) is 36.7 Å². The molecule has 0 amide bonds. The van der Waals surface area contributed by atoms with E-state index in [1.165, 1.54) is 10.7 Å². The molecule has 0 aliphatic rings. The number of rotatable bonds is 2. The number of benzene rings is 1. The fraction of sp³-hybridized carbons (Fsp3) is 0.0769. The van der Waals surface area contributed by atoms with Gasteiger partial charge in [0.15, 0.2) is 0 Å². The monoisotopic (exact) mass is 429 g/mol. The number of halogens is 2. The SMILES string of the molecule is Brc1ccn[nH]1.C.O=[N+]([O-])c1ccccc1-n1ccc(Br)n1. The summed E-state index contributed by atoms with van der Waals surface area (Å²) in [6, 6.07) is 10.0. The van der Waals surface area contributed by atoms with Crippen molar-refractivity contribution in [2.75, 3.05) is 0 Å². The molecular formula is C13H13Br2N5O2. The second-order valence-corrected chi connectivity index (χ2v) is 5.40. The Morgan fingerprint density at radius 3 is 2.36 bits per heavy atom. The molecule has 0 unspecified atom stereocenters. The van der Waals surface area contributed by atoms with Gasteiger partial charge in [-0.15, -0.1) is 0 Å². The van der Waals surface area contributed by atoms with Crippen LogP contribution in [0, 0.1) is 10.1 Å². The van der Waals surface area contributed by atoms with Gasteiger partial charge < -0.3 is 0 Å². The molecule has 0 aliphatic heterocycles. The Hall–Kier alpha value is -2.00. The topological polar surface area (TPSA) is 89.6 Å². The maximum absolute atomic E-state index is 10.8. The smallest absolute Gasteiger partial charge is 0.271 e. The van der Waals surface area contributed by atoms with Gasteiger partial charge in [0.2, 0.25) is 0 Å². The van der Waals surface area contributed by atoms with E-state index in [1.807, 2.05) is 6.07 Å². The summed E-state index contributed by atoms with van der Waals surface area (Å²) in [7, 11) is 0. The molecule has 0 bridgehead atoms. The van der Waals surface area contributed by atoms with Crippen molar-refractivity contribution in [1.82, 2.24) is 20.0 Å². The average Bonchev–Trinajstić information content (AvgIpc) is 3.11. The lowest BCUT2D eigenvalue weighted by Gasteiger charge is -2.01. The molecule has 0 atom stereocenters. The summed E-state index contributed by atoms with van der Waals surface area (Å²) < 4.78 is 3.02. The van der Waals surface area contributed by atoms with E-state index in [4.69, 9.17) is 0 Å². The minimum atomic E-state index is -0.426. The second kappa shape index (κ2) is 8.44. The Morgan fingerprint density at radius 1 is 1.18 bits per heavy atom.